The van der Waals surface area contributed by atoms with E-state index < -0.39 is 11.7 Å². The van der Waals surface area contributed by atoms with Crippen LogP contribution in [0.5, 0.6) is 0 Å². The molecular weight excluding hydrogens is 267 g/mol. The third kappa shape index (κ3) is 5.67. The van der Waals surface area contributed by atoms with Gasteiger partial charge in [0.1, 0.15) is 5.82 Å². The lowest BCUT2D eigenvalue weighted by Crippen LogP contribution is -2.10. The van der Waals surface area contributed by atoms with E-state index in [1.807, 2.05) is 0 Å². The van der Waals surface area contributed by atoms with E-state index in [2.05, 4.69) is 17.2 Å². The topological polar surface area (TPSA) is 50.9 Å². The monoisotopic (exact) mass is 289 g/mol. The van der Waals surface area contributed by atoms with Crippen LogP contribution in [0.2, 0.25) is 0 Å². The first-order chi connectivity index (χ1) is 9.45. The fourth-order valence-corrected chi connectivity index (χ4v) is 1.90. The van der Waals surface area contributed by atoms with Crippen LogP contribution < -0.4 is 11.1 Å². The summed E-state index contributed by atoms with van der Waals surface area (Å²) in [7, 11) is 0. The van der Waals surface area contributed by atoms with Crippen LogP contribution in [0.3, 0.4) is 0 Å². The van der Waals surface area contributed by atoms with Gasteiger partial charge in [0, 0.05) is 12.7 Å². The minimum atomic E-state index is -4.39. The second-order valence-electron chi connectivity index (χ2n) is 4.85. The summed E-state index contributed by atoms with van der Waals surface area (Å²) in [5, 5.41) is 2.93. The van der Waals surface area contributed by atoms with Gasteiger partial charge in [-0.25, -0.2) is 4.98 Å². The van der Waals surface area contributed by atoms with Gasteiger partial charge in [-0.2, -0.15) is 13.2 Å². The van der Waals surface area contributed by atoms with E-state index in [0.29, 0.717) is 6.54 Å². The molecule has 1 aromatic rings. The number of hydrogen-bond donors (Lipinski definition) is 2. The number of aromatic nitrogens is 1. The predicted molar refractivity (Wildman–Crippen MR) is 75.5 cm³/mol. The van der Waals surface area contributed by atoms with Gasteiger partial charge in [-0.1, -0.05) is 39.0 Å². The number of pyridine rings is 1. The Kier molecular flexibility index (Phi) is 6.61. The Labute approximate surface area is 117 Å². The molecule has 0 saturated carbocycles. The second-order valence-corrected chi connectivity index (χ2v) is 4.85. The maximum Gasteiger partial charge on any atom is 0.417 e. The van der Waals surface area contributed by atoms with E-state index in [1.54, 1.807) is 0 Å². The van der Waals surface area contributed by atoms with Crippen molar-refractivity contribution in [2.75, 3.05) is 17.6 Å². The lowest BCUT2D eigenvalue weighted by atomic mass is 10.1. The molecular formula is C14H22F3N3. The van der Waals surface area contributed by atoms with Gasteiger partial charge in [-0.05, 0) is 12.5 Å². The number of nitrogens with two attached hydrogens (primary N) is 1. The highest BCUT2D eigenvalue weighted by Gasteiger charge is 2.31. The number of unbranched alkanes of at least 4 members (excludes halogenated alkanes) is 5. The molecule has 0 bridgehead atoms. The van der Waals surface area contributed by atoms with Crippen molar-refractivity contribution in [3.8, 4) is 0 Å². The van der Waals surface area contributed by atoms with Crippen LogP contribution in [0, 0.1) is 0 Å². The average molecular weight is 289 g/mol. The van der Waals surface area contributed by atoms with Gasteiger partial charge >= 0.3 is 6.18 Å². The molecule has 114 valence electrons. The number of rotatable bonds is 8. The van der Waals surface area contributed by atoms with Crippen molar-refractivity contribution in [3.05, 3.63) is 17.8 Å². The molecule has 0 radical (unpaired) electrons. The smallest absolute Gasteiger partial charge is 0.382 e. The Bertz CT molecular complexity index is 405. The van der Waals surface area contributed by atoms with Gasteiger partial charge in [0.25, 0.3) is 0 Å². The van der Waals surface area contributed by atoms with Crippen molar-refractivity contribution >= 4 is 11.5 Å². The SMILES string of the molecule is CCCCCCCCNc1cc(C(F)(F)F)cnc1N. The van der Waals surface area contributed by atoms with Crippen LogP contribution >= 0.6 is 0 Å². The Morgan fingerprint density at radius 1 is 1.15 bits per heavy atom. The zero-order chi connectivity index (χ0) is 15.0. The highest BCUT2D eigenvalue weighted by molar-refractivity contribution is 5.62. The van der Waals surface area contributed by atoms with E-state index in [4.69, 9.17) is 5.73 Å². The van der Waals surface area contributed by atoms with E-state index in [9.17, 15) is 13.2 Å². The minimum absolute atomic E-state index is 0.101. The molecule has 6 heteroatoms. The predicted octanol–water partition coefficient (Wildman–Crippen LogP) is 4.46. The van der Waals surface area contributed by atoms with Gasteiger partial charge in [0.2, 0.25) is 0 Å². The first-order valence-corrected chi connectivity index (χ1v) is 7.01. The average Bonchev–Trinajstić information content (AvgIpc) is 2.38. The molecule has 1 heterocycles. The molecule has 0 fully saturated rings. The molecule has 0 aromatic carbocycles. The summed E-state index contributed by atoms with van der Waals surface area (Å²) in [5.41, 5.74) is 5.05. The quantitative estimate of drug-likeness (QED) is 0.695. The lowest BCUT2D eigenvalue weighted by Gasteiger charge is -2.12. The summed E-state index contributed by atoms with van der Waals surface area (Å²) in [4.78, 5) is 3.58. The minimum Gasteiger partial charge on any atom is -0.382 e. The van der Waals surface area contributed by atoms with E-state index in [1.165, 1.54) is 19.3 Å². The van der Waals surface area contributed by atoms with Crippen LogP contribution in [0.15, 0.2) is 12.3 Å². The second kappa shape index (κ2) is 7.97. The Hall–Kier alpha value is -1.46. The number of alkyl halides is 3. The number of halogens is 3. The van der Waals surface area contributed by atoms with Gasteiger partial charge < -0.3 is 11.1 Å². The Morgan fingerprint density at radius 3 is 2.45 bits per heavy atom. The Balaban J connectivity index is 2.40. The van der Waals surface area contributed by atoms with Gasteiger partial charge in [-0.15, -0.1) is 0 Å². The van der Waals surface area contributed by atoms with Crippen molar-refractivity contribution in [2.24, 2.45) is 0 Å². The normalized spacial score (nSPS) is 11.6. The number of nitrogens with one attached hydrogen (secondary N) is 1. The lowest BCUT2D eigenvalue weighted by molar-refractivity contribution is -0.137. The summed E-state index contributed by atoms with van der Waals surface area (Å²) >= 11 is 0. The zero-order valence-electron chi connectivity index (χ0n) is 11.8. The fourth-order valence-electron chi connectivity index (χ4n) is 1.90. The summed E-state index contributed by atoms with van der Waals surface area (Å²) in [6.07, 6.45) is 3.15. The number of hydrogen-bond acceptors (Lipinski definition) is 3. The molecule has 0 atom stereocenters. The van der Waals surface area contributed by atoms with Gasteiger partial charge in [-0.3, -0.25) is 0 Å². The van der Waals surface area contributed by atoms with E-state index in [0.717, 1.165) is 31.5 Å². The van der Waals surface area contributed by atoms with Crippen LogP contribution in [0.25, 0.3) is 0 Å². The number of anilines is 2. The summed E-state index contributed by atoms with van der Waals surface area (Å²) in [6, 6.07) is 1.01. The molecule has 3 N–H and O–H groups in total. The fraction of sp³-hybridized carbons (Fsp3) is 0.643. The van der Waals surface area contributed by atoms with Crippen LogP contribution in [0.1, 0.15) is 51.0 Å². The standard InChI is InChI=1S/C14H22F3N3/c1-2-3-4-5-6-7-8-19-12-9-11(14(15,16)17)10-20-13(12)18/h9-10,19H,2-8H2,1H3,(H2,18,20). The highest BCUT2D eigenvalue weighted by atomic mass is 19.4. The summed E-state index contributed by atoms with van der Waals surface area (Å²) < 4.78 is 37.7. The molecule has 3 nitrogen and oxygen atoms in total. The summed E-state index contributed by atoms with van der Waals surface area (Å²) in [6.45, 7) is 2.77. The van der Waals surface area contributed by atoms with Crippen LogP contribution in [0.4, 0.5) is 24.7 Å². The van der Waals surface area contributed by atoms with Crippen molar-refractivity contribution in [1.82, 2.24) is 4.98 Å². The molecule has 0 saturated heterocycles. The number of nitrogens with zero attached hydrogens (tertiary/aromatic N) is 1. The van der Waals surface area contributed by atoms with Gasteiger partial charge in [0.05, 0.1) is 11.3 Å². The summed E-state index contributed by atoms with van der Waals surface area (Å²) in [5.74, 6) is 0.101. The third-order valence-electron chi connectivity index (χ3n) is 3.09. The number of nitrogen functional groups attached to an aromatic ring is 1. The molecule has 0 amide bonds. The largest absolute Gasteiger partial charge is 0.417 e. The highest BCUT2D eigenvalue weighted by Crippen LogP contribution is 2.31. The van der Waals surface area contributed by atoms with E-state index >= 15 is 0 Å². The van der Waals surface area contributed by atoms with Crippen molar-refractivity contribution < 1.29 is 13.2 Å². The van der Waals surface area contributed by atoms with Crippen LogP contribution in [-0.2, 0) is 6.18 Å². The molecule has 1 aromatic heterocycles. The molecule has 0 spiro atoms. The maximum absolute atomic E-state index is 12.6. The maximum atomic E-state index is 12.6. The van der Waals surface area contributed by atoms with Crippen molar-refractivity contribution in [1.29, 1.82) is 0 Å². The third-order valence-corrected chi connectivity index (χ3v) is 3.09. The molecule has 20 heavy (non-hydrogen) atoms. The van der Waals surface area contributed by atoms with Crippen molar-refractivity contribution in [2.45, 2.75) is 51.6 Å². The molecule has 0 aliphatic heterocycles. The van der Waals surface area contributed by atoms with E-state index in [-0.39, 0.29) is 11.5 Å². The van der Waals surface area contributed by atoms with Gasteiger partial charge in [0.15, 0.2) is 0 Å². The Morgan fingerprint density at radius 2 is 1.80 bits per heavy atom. The molecule has 1 rings (SSSR count). The van der Waals surface area contributed by atoms with Crippen LogP contribution in [-0.4, -0.2) is 11.5 Å². The molecule has 0 aliphatic carbocycles. The zero-order valence-corrected chi connectivity index (χ0v) is 11.8. The first kappa shape index (κ1) is 16.6. The molecule has 0 aliphatic rings. The molecule has 0 unspecified atom stereocenters. The first-order valence-electron chi connectivity index (χ1n) is 7.01. The van der Waals surface area contributed by atoms with Crippen molar-refractivity contribution in [3.63, 3.8) is 0 Å².